The second-order valence-corrected chi connectivity index (χ2v) is 3.88. The van der Waals surface area contributed by atoms with E-state index in [0.717, 1.165) is 17.8 Å². The topological polar surface area (TPSA) is 12.0 Å². The van der Waals surface area contributed by atoms with E-state index in [9.17, 15) is 0 Å². The van der Waals surface area contributed by atoms with Crippen molar-refractivity contribution >= 4 is 15.9 Å². The minimum atomic E-state index is 0.640. The largest absolute Gasteiger partial charge is 0.314 e. The van der Waals surface area contributed by atoms with Gasteiger partial charge in [-0.05, 0) is 25.8 Å². The molecule has 0 aliphatic heterocycles. The minimum Gasteiger partial charge on any atom is -0.314 e. The summed E-state index contributed by atoms with van der Waals surface area (Å²) in [6.45, 7) is 7.90. The Balaban J connectivity index is 3.28. The fourth-order valence-corrected chi connectivity index (χ4v) is 1.40. The highest BCUT2D eigenvalue weighted by molar-refractivity contribution is 9.09. The Morgan fingerprint density at radius 3 is 2.45 bits per heavy atom. The lowest BCUT2D eigenvalue weighted by Gasteiger charge is -2.18. The molecule has 0 heterocycles. The van der Waals surface area contributed by atoms with Crippen LogP contribution < -0.4 is 5.32 Å². The number of nitrogens with one attached hydrogen (secondary N) is 1. The number of alkyl halides is 1. The number of unbranched alkanes of at least 4 members (excludes halogenated alkanes) is 1. The maximum Gasteiger partial charge on any atom is 0.00723 e. The van der Waals surface area contributed by atoms with E-state index in [0.29, 0.717) is 6.04 Å². The van der Waals surface area contributed by atoms with Gasteiger partial charge < -0.3 is 5.32 Å². The molecule has 2 heteroatoms. The highest BCUT2D eigenvalue weighted by atomic mass is 79.9. The first kappa shape index (κ1) is 11.4. The molecule has 1 N–H and O–H groups in total. The highest BCUT2D eigenvalue weighted by Crippen LogP contribution is 2.05. The maximum atomic E-state index is 3.50. The molecule has 0 aromatic rings. The summed E-state index contributed by atoms with van der Waals surface area (Å²) in [7, 11) is 0. The quantitative estimate of drug-likeness (QED) is 0.538. The van der Waals surface area contributed by atoms with Gasteiger partial charge in [-0.3, -0.25) is 0 Å². The third-order valence-electron chi connectivity index (χ3n) is 2.09. The molecule has 0 aromatic carbocycles. The molecule has 0 saturated carbocycles. The van der Waals surface area contributed by atoms with Crippen LogP contribution in [0.5, 0.6) is 0 Å². The van der Waals surface area contributed by atoms with Crippen molar-refractivity contribution in [2.75, 3.05) is 11.9 Å². The number of hydrogen-bond donors (Lipinski definition) is 1. The molecule has 0 rings (SSSR count). The average molecular weight is 222 g/mol. The molecule has 0 fully saturated rings. The lowest BCUT2D eigenvalue weighted by molar-refractivity contribution is 0.430. The summed E-state index contributed by atoms with van der Waals surface area (Å²) < 4.78 is 0. The standard InChI is InChI=1S/C9H20BrN/c1-4-5-6-11-9(3)8(2)7-10/h8-9,11H,4-7H2,1-3H3. The van der Waals surface area contributed by atoms with Gasteiger partial charge in [0.05, 0.1) is 0 Å². The van der Waals surface area contributed by atoms with Crippen LogP contribution >= 0.6 is 15.9 Å². The SMILES string of the molecule is CCCCNC(C)C(C)CBr. The zero-order chi connectivity index (χ0) is 8.69. The molecule has 0 amide bonds. The lowest BCUT2D eigenvalue weighted by atomic mass is 10.1. The Labute approximate surface area is 79.1 Å². The number of rotatable bonds is 6. The van der Waals surface area contributed by atoms with E-state index in [1.165, 1.54) is 12.8 Å². The minimum absolute atomic E-state index is 0.640. The fraction of sp³-hybridized carbons (Fsp3) is 1.00. The Morgan fingerprint density at radius 2 is 2.00 bits per heavy atom. The van der Waals surface area contributed by atoms with Crippen LogP contribution in [0.25, 0.3) is 0 Å². The van der Waals surface area contributed by atoms with Gasteiger partial charge in [0.25, 0.3) is 0 Å². The van der Waals surface area contributed by atoms with Crippen LogP contribution in [0.3, 0.4) is 0 Å². The van der Waals surface area contributed by atoms with E-state index < -0.39 is 0 Å². The smallest absolute Gasteiger partial charge is 0.00723 e. The van der Waals surface area contributed by atoms with Crippen molar-refractivity contribution < 1.29 is 0 Å². The van der Waals surface area contributed by atoms with Crippen LogP contribution in [0.2, 0.25) is 0 Å². The van der Waals surface area contributed by atoms with Gasteiger partial charge in [0.15, 0.2) is 0 Å². The second-order valence-electron chi connectivity index (χ2n) is 3.23. The molecule has 2 unspecified atom stereocenters. The van der Waals surface area contributed by atoms with Crippen LogP contribution in [0.4, 0.5) is 0 Å². The summed E-state index contributed by atoms with van der Waals surface area (Å²) in [6.07, 6.45) is 2.57. The van der Waals surface area contributed by atoms with E-state index in [4.69, 9.17) is 0 Å². The molecule has 0 aromatic heterocycles. The Kier molecular flexibility index (Phi) is 7.39. The summed E-state index contributed by atoms with van der Waals surface area (Å²) >= 11 is 3.48. The van der Waals surface area contributed by atoms with Crippen LogP contribution in [0.1, 0.15) is 33.6 Å². The van der Waals surface area contributed by atoms with Crippen molar-refractivity contribution in [3.63, 3.8) is 0 Å². The summed E-state index contributed by atoms with van der Waals surface area (Å²) in [4.78, 5) is 0. The van der Waals surface area contributed by atoms with E-state index >= 15 is 0 Å². The second kappa shape index (κ2) is 7.11. The highest BCUT2D eigenvalue weighted by Gasteiger charge is 2.08. The summed E-state index contributed by atoms with van der Waals surface area (Å²) in [5.74, 6) is 0.729. The van der Waals surface area contributed by atoms with Gasteiger partial charge in [0.1, 0.15) is 0 Å². The van der Waals surface area contributed by atoms with Gasteiger partial charge in [0.2, 0.25) is 0 Å². The molecular weight excluding hydrogens is 202 g/mol. The first-order valence-corrected chi connectivity index (χ1v) is 5.63. The molecule has 2 atom stereocenters. The average Bonchev–Trinajstić information content (AvgIpc) is 2.03. The molecule has 0 radical (unpaired) electrons. The first-order chi connectivity index (χ1) is 5.22. The molecule has 11 heavy (non-hydrogen) atoms. The van der Waals surface area contributed by atoms with Crippen molar-refractivity contribution in [2.45, 2.75) is 39.7 Å². The van der Waals surface area contributed by atoms with Crippen molar-refractivity contribution in [3.8, 4) is 0 Å². The number of halogens is 1. The van der Waals surface area contributed by atoms with Crippen molar-refractivity contribution in [1.82, 2.24) is 5.32 Å². The molecule has 0 aliphatic rings. The first-order valence-electron chi connectivity index (χ1n) is 4.51. The summed E-state index contributed by atoms with van der Waals surface area (Å²) in [5, 5.41) is 4.59. The molecule has 68 valence electrons. The van der Waals surface area contributed by atoms with Gasteiger partial charge in [-0.25, -0.2) is 0 Å². The molecular formula is C9H20BrN. The fourth-order valence-electron chi connectivity index (χ4n) is 0.841. The Bertz CT molecular complexity index is 85.6. The third-order valence-corrected chi connectivity index (χ3v) is 3.11. The van der Waals surface area contributed by atoms with E-state index in [2.05, 4.69) is 42.0 Å². The predicted octanol–water partition coefficient (Wildman–Crippen LogP) is 2.80. The predicted molar refractivity (Wildman–Crippen MR) is 55.3 cm³/mol. The Hall–Kier alpha value is 0.440. The van der Waals surface area contributed by atoms with Crippen LogP contribution in [-0.2, 0) is 0 Å². The van der Waals surface area contributed by atoms with Gasteiger partial charge in [-0.1, -0.05) is 36.2 Å². The third kappa shape index (κ3) is 5.68. The lowest BCUT2D eigenvalue weighted by Crippen LogP contribution is -2.33. The van der Waals surface area contributed by atoms with E-state index in [-0.39, 0.29) is 0 Å². The molecule has 0 saturated heterocycles. The monoisotopic (exact) mass is 221 g/mol. The van der Waals surface area contributed by atoms with Gasteiger partial charge >= 0.3 is 0 Å². The van der Waals surface area contributed by atoms with Crippen LogP contribution in [-0.4, -0.2) is 17.9 Å². The molecule has 0 aliphatic carbocycles. The van der Waals surface area contributed by atoms with Gasteiger partial charge in [0, 0.05) is 11.4 Å². The molecule has 0 spiro atoms. The molecule has 0 bridgehead atoms. The summed E-state index contributed by atoms with van der Waals surface area (Å²) in [6, 6.07) is 0.640. The maximum absolute atomic E-state index is 3.50. The Morgan fingerprint density at radius 1 is 1.36 bits per heavy atom. The van der Waals surface area contributed by atoms with Gasteiger partial charge in [-0.15, -0.1) is 0 Å². The zero-order valence-electron chi connectivity index (χ0n) is 7.86. The molecule has 1 nitrogen and oxygen atoms in total. The van der Waals surface area contributed by atoms with E-state index in [1.807, 2.05) is 0 Å². The summed E-state index contributed by atoms with van der Waals surface area (Å²) in [5.41, 5.74) is 0. The van der Waals surface area contributed by atoms with E-state index in [1.54, 1.807) is 0 Å². The number of hydrogen-bond acceptors (Lipinski definition) is 1. The van der Waals surface area contributed by atoms with Gasteiger partial charge in [-0.2, -0.15) is 0 Å². The zero-order valence-corrected chi connectivity index (χ0v) is 9.45. The normalized spacial score (nSPS) is 16.4. The van der Waals surface area contributed by atoms with Crippen molar-refractivity contribution in [1.29, 1.82) is 0 Å². The van der Waals surface area contributed by atoms with Crippen molar-refractivity contribution in [2.24, 2.45) is 5.92 Å². The van der Waals surface area contributed by atoms with Crippen molar-refractivity contribution in [3.05, 3.63) is 0 Å². The van der Waals surface area contributed by atoms with Crippen LogP contribution in [0, 0.1) is 5.92 Å². The van der Waals surface area contributed by atoms with Crippen LogP contribution in [0.15, 0.2) is 0 Å².